The lowest BCUT2D eigenvalue weighted by Gasteiger charge is -2.29. The van der Waals surface area contributed by atoms with E-state index in [0.29, 0.717) is 18.2 Å². The molecule has 0 saturated carbocycles. The Morgan fingerprint density at radius 1 is 1.44 bits per heavy atom. The lowest BCUT2D eigenvalue weighted by atomic mass is 10.1. The summed E-state index contributed by atoms with van der Waals surface area (Å²) < 4.78 is 7.09. The van der Waals surface area contributed by atoms with Crippen molar-refractivity contribution < 1.29 is 9.53 Å². The summed E-state index contributed by atoms with van der Waals surface area (Å²) in [6.07, 6.45) is 2.01. The third-order valence-corrected chi connectivity index (χ3v) is 3.58. The van der Waals surface area contributed by atoms with E-state index < -0.39 is 0 Å². The van der Waals surface area contributed by atoms with Crippen LogP contribution in [0.2, 0.25) is 0 Å². The molecule has 1 saturated heterocycles. The fraction of sp³-hybridized carbons (Fsp3) is 0.667. The Kier molecular flexibility index (Phi) is 2.95. The Labute approximate surface area is 106 Å². The molecule has 6 heteroatoms. The molecule has 3 rings (SSSR count). The Bertz CT molecular complexity index is 427. The number of ether oxygens (including phenoxy) is 1. The second kappa shape index (κ2) is 4.61. The quantitative estimate of drug-likeness (QED) is 0.808. The van der Waals surface area contributed by atoms with Crippen LogP contribution in [0.3, 0.4) is 0 Å². The first kappa shape index (κ1) is 11.5. The third kappa shape index (κ3) is 2.20. The van der Waals surface area contributed by atoms with Crippen molar-refractivity contribution in [2.45, 2.75) is 25.4 Å². The fourth-order valence-electron chi connectivity index (χ4n) is 2.44. The van der Waals surface area contributed by atoms with Gasteiger partial charge in [0.05, 0.1) is 6.54 Å². The van der Waals surface area contributed by atoms with E-state index in [4.69, 9.17) is 4.74 Å². The summed E-state index contributed by atoms with van der Waals surface area (Å²) in [5.74, 6) is 0.610. The van der Waals surface area contributed by atoms with E-state index in [1.165, 1.54) is 0 Å². The molecule has 1 fully saturated rings. The van der Waals surface area contributed by atoms with E-state index in [9.17, 15) is 4.79 Å². The number of carbonyl (C=O) groups excluding carboxylic acids is 1. The van der Waals surface area contributed by atoms with Crippen molar-refractivity contribution in [3.63, 3.8) is 0 Å². The zero-order valence-corrected chi connectivity index (χ0v) is 10.6. The Morgan fingerprint density at radius 3 is 2.94 bits per heavy atom. The minimum atomic E-state index is -0.0879. The average Bonchev–Trinajstić information content (AvgIpc) is 2.92. The maximum absolute atomic E-state index is 12.0. The maximum atomic E-state index is 12.0. The van der Waals surface area contributed by atoms with Crippen molar-refractivity contribution in [1.82, 2.24) is 20.0 Å². The van der Waals surface area contributed by atoms with Crippen LogP contribution in [-0.2, 0) is 6.54 Å². The van der Waals surface area contributed by atoms with Crippen LogP contribution in [0, 0.1) is 0 Å². The predicted octanol–water partition coefficient (Wildman–Crippen LogP) is 0.0995. The molecule has 1 N–H and O–H groups in total. The monoisotopic (exact) mass is 250 g/mol. The van der Waals surface area contributed by atoms with Crippen molar-refractivity contribution in [3.8, 4) is 5.88 Å². The molecule has 6 nitrogen and oxygen atoms in total. The van der Waals surface area contributed by atoms with Crippen LogP contribution in [0.1, 0.15) is 23.3 Å². The summed E-state index contributed by atoms with van der Waals surface area (Å²) in [6, 6.07) is 1.99. The van der Waals surface area contributed by atoms with Crippen LogP contribution in [0.4, 0.5) is 0 Å². The molecule has 0 aromatic carbocycles. The van der Waals surface area contributed by atoms with E-state index >= 15 is 0 Å². The van der Waals surface area contributed by atoms with Crippen molar-refractivity contribution in [2.75, 3.05) is 26.7 Å². The van der Waals surface area contributed by atoms with Crippen LogP contribution >= 0.6 is 0 Å². The van der Waals surface area contributed by atoms with Gasteiger partial charge in [0.15, 0.2) is 5.69 Å². The molecule has 0 spiro atoms. The van der Waals surface area contributed by atoms with E-state index in [2.05, 4.69) is 22.4 Å². The summed E-state index contributed by atoms with van der Waals surface area (Å²) in [5, 5.41) is 7.29. The third-order valence-electron chi connectivity index (χ3n) is 3.58. The average molecular weight is 250 g/mol. The number of hydrogen-bond acceptors (Lipinski definition) is 4. The summed E-state index contributed by atoms with van der Waals surface area (Å²) in [7, 11) is 2.11. The zero-order valence-electron chi connectivity index (χ0n) is 10.6. The summed E-state index contributed by atoms with van der Waals surface area (Å²) in [5.41, 5.74) is 0.462. The highest BCUT2D eigenvalue weighted by molar-refractivity contribution is 5.92. The SMILES string of the molecule is CN1CCC(NC(=O)c2cc3n(n2)CCO3)CC1. The number of carbonyl (C=O) groups is 1. The zero-order chi connectivity index (χ0) is 12.5. The van der Waals surface area contributed by atoms with Crippen molar-refractivity contribution in [2.24, 2.45) is 0 Å². The maximum Gasteiger partial charge on any atom is 0.272 e. The molecule has 0 radical (unpaired) electrons. The molecule has 2 aliphatic heterocycles. The Hall–Kier alpha value is -1.56. The van der Waals surface area contributed by atoms with Crippen molar-refractivity contribution in [1.29, 1.82) is 0 Å². The van der Waals surface area contributed by atoms with Crippen LogP contribution < -0.4 is 10.1 Å². The standard InChI is InChI=1S/C12H18N4O2/c1-15-4-2-9(3-5-15)13-12(17)10-8-11-16(14-10)6-7-18-11/h8-9H,2-7H2,1H3,(H,13,17). The molecule has 0 atom stereocenters. The minimum absolute atomic E-state index is 0.0879. The fourth-order valence-corrected chi connectivity index (χ4v) is 2.44. The molecular weight excluding hydrogens is 232 g/mol. The number of likely N-dealkylation sites (tertiary alicyclic amines) is 1. The molecule has 98 valence electrons. The highest BCUT2D eigenvalue weighted by Crippen LogP contribution is 2.18. The van der Waals surface area contributed by atoms with E-state index in [0.717, 1.165) is 32.5 Å². The minimum Gasteiger partial charge on any atom is -0.476 e. The number of aromatic nitrogens is 2. The number of piperidine rings is 1. The van der Waals surface area contributed by atoms with Crippen LogP contribution in [-0.4, -0.2) is 53.4 Å². The molecule has 18 heavy (non-hydrogen) atoms. The van der Waals surface area contributed by atoms with Gasteiger partial charge in [-0.15, -0.1) is 0 Å². The van der Waals surface area contributed by atoms with Gasteiger partial charge < -0.3 is 15.0 Å². The summed E-state index contributed by atoms with van der Waals surface area (Å²) in [4.78, 5) is 14.3. The van der Waals surface area contributed by atoms with Crippen LogP contribution in [0.15, 0.2) is 6.07 Å². The van der Waals surface area contributed by atoms with Gasteiger partial charge in [-0.25, -0.2) is 4.68 Å². The molecule has 0 bridgehead atoms. The van der Waals surface area contributed by atoms with Gasteiger partial charge in [-0.3, -0.25) is 4.79 Å². The van der Waals surface area contributed by atoms with Gasteiger partial charge in [-0.1, -0.05) is 0 Å². The van der Waals surface area contributed by atoms with Crippen LogP contribution in [0.25, 0.3) is 0 Å². The van der Waals surface area contributed by atoms with Crippen molar-refractivity contribution >= 4 is 5.91 Å². The first-order valence-corrected chi connectivity index (χ1v) is 6.42. The number of amides is 1. The molecule has 0 unspecified atom stereocenters. The van der Waals surface area contributed by atoms with E-state index in [-0.39, 0.29) is 11.9 Å². The summed E-state index contributed by atoms with van der Waals surface area (Å²) >= 11 is 0. The van der Waals surface area contributed by atoms with Gasteiger partial charge in [-0.2, -0.15) is 5.10 Å². The topological polar surface area (TPSA) is 59.4 Å². The Morgan fingerprint density at radius 2 is 2.22 bits per heavy atom. The second-order valence-corrected chi connectivity index (χ2v) is 4.99. The van der Waals surface area contributed by atoms with Gasteiger partial charge in [-0.05, 0) is 33.0 Å². The smallest absolute Gasteiger partial charge is 0.272 e. The first-order valence-electron chi connectivity index (χ1n) is 6.42. The van der Waals surface area contributed by atoms with E-state index in [1.807, 2.05) is 0 Å². The van der Waals surface area contributed by atoms with Gasteiger partial charge in [0.1, 0.15) is 6.61 Å². The van der Waals surface area contributed by atoms with Crippen molar-refractivity contribution in [3.05, 3.63) is 11.8 Å². The summed E-state index contributed by atoms with van der Waals surface area (Å²) in [6.45, 7) is 3.46. The number of fused-ring (bicyclic) bond motifs is 1. The molecule has 2 aliphatic rings. The highest BCUT2D eigenvalue weighted by Gasteiger charge is 2.23. The molecule has 0 aliphatic carbocycles. The molecule has 1 aromatic heterocycles. The molecule has 1 aromatic rings. The lowest BCUT2D eigenvalue weighted by molar-refractivity contribution is 0.0910. The van der Waals surface area contributed by atoms with Gasteiger partial charge in [0.25, 0.3) is 5.91 Å². The van der Waals surface area contributed by atoms with Gasteiger partial charge >= 0.3 is 0 Å². The number of nitrogens with zero attached hydrogens (tertiary/aromatic N) is 3. The lowest BCUT2D eigenvalue weighted by Crippen LogP contribution is -2.43. The number of nitrogens with one attached hydrogen (secondary N) is 1. The predicted molar refractivity (Wildman–Crippen MR) is 65.7 cm³/mol. The van der Waals surface area contributed by atoms with Gasteiger partial charge in [0.2, 0.25) is 5.88 Å². The second-order valence-electron chi connectivity index (χ2n) is 4.99. The largest absolute Gasteiger partial charge is 0.476 e. The Balaban J connectivity index is 1.60. The molecule has 3 heterocycles. The molecule has 1 amide bonds. The molecular formula is C12H18N4O2. The number of hydrogen-bond donors (Lipinski definition) is 1. The highest BCUT2D eigenvalue weighted by atomic mass is 16.5. The normalized spacial score (nSPS) is 20.5. The first-order chi connectivity index (χ1) is 8.72. The van der Waals surface area contributed by atoms with E-state index in [1.54, 1.807) is 10.7 Å². The van der Waals surface area contributed by atoms with Crippen LogP contribution in [0.5, 0.6) is 5.88 Å². The van der Waals surface area contributed by atoms with Gasteiger partial charge in [0, 0.05) is 12.1 Å². The number of rotatable bonds is 2.